The zero-order valence-corrected chi connectivity index (χ0v) is 14.9. The summed E-state index contributed by atoms with van der Waals surface area (Å²) in [7, 11) is 4.30. The van der Waals surface area contributed by atoms with Crippen molar-refractivity contribution in [3.8, 4) is 5.69 Å². The minimum absolute atomic E-state index is 0.0772. The standard InChI is InChI=1S/C18H27N5/c1-13-9-11-18(12-10-13,22(4)5)17-19-20-21-23(17)16-8-6-7-14(2)15(16)3/h6-8,13H,9-12H2,1-5H3. The normalized spacial score (nSPS) is 25.0. The first-order valence-corrected chi connectivity index (χ1v) is 8.48. The molecule has 0 N–H and O–H groups in total. The molecule has 0 radical (unpaired) electrons. The maximum atomic E-state index is 4.47. The summed E-state index contributed by atoms with van der Waals surface area (Å²) >= 11 is 0. The van der Waals surface area contributed by atoms with E-state index in [0.717, 1.165) is 30.3 Å². The SMILES string of the molecule is Cc1cccc(-n2nnnc2C2(N(C)C)CCC(C)CC2)c1C. The first-order valence-electron chi connectivity index (χ1n) is 8.48. The monoisotopic (exact) mass is 313 g/mol. The fraction of sp³-hybridized carbons (Fsp3) is 0.611. The fourth-order valence-corrected chi connectivity index (χ4v) is 3.72. The lowest BCUT2D eigenvalue weighted by Gasteiger charge is -2.43. The van der Waals surface area contributed by atoms with Crippen LogP contribution in [0.25, 0.3) is 5.69 Å². The molecule has 0 aliphatic heterocycles. The van der Waals surface area contributed by atoms with Crippen molar-refractivity contribution < 1.29 is 0 Å². The number of rotatable bonds is 3. The van der Waals surface area contributed by atoms with Gasteiger partial charge < -0.3 is 0 Å². The molecule has 1 aromatic heterocycles. The van der Waals surface area contributed by atoms with E-state index in [1.165, 1.54) is 24.0 Å². The van der Waals surface area contributed by atoms with E-state index in [9.17, 15) is 0 Å². The van der Waals surface area contributed by atoms with E-state index >= 15 is 0 Å². The van der Waals surface area contributed by atoms with Gasteiger partial charge in [-0.25, -0.2) is 0 Å². The lowest BCUT2D eigenvalue weighted by Crippen LogP contribution is -2.46. The van der Waals surface area contributed by atoms with Gasteiger partial charge >= 0.3 is 0 Å². The highest BCUT2D eigenvalue weighted by Crippen LogP contribution is 2.42. The van der Waals surface area contributed by atoms with Crippen LogP contribution < -0.4 is 0 Å². The molecule has 1 aromatic carbocycles. The molecule has 3 rings (SSSR count). The van der Waals surface area contributed by atoms with E-state index in [0.29, 0.717) is 0 Å². The molecule has 5 heteroatoms. The highest BCUT2D eigenvalue weighted by molar-refractivity contribution is 5.44. The summed E-state index contributed by atoms with van der Waals surface area (Å²) in [5, 5.41) is 12.8. The number of hydrogen-bond donors (Lipinski definition) is 0. The maximum absolute atomic E-state index is 4.47. The molecule has 2 aromatic rings. The van der Waals surface area contributed by atoms with E-state index in [1.54, 1.807) is 0 Å². The molecule has 1 fully saturated rings. The van der Waals surface area contributed by atoms with Gasteiger partial charge in [0.15, 0.2) is 5.82 Å². The molecule has 23 heavy (non-hydrogen) atoms. The number of aromatic nitrogens is 4. The second kappa shape index (κ2) is 6.04. The van der Waals surface area contributed by atoms with Gasteiger partial charge in [0.1, 0.15) is 0 Å². The molecule has 0 unspecified atom stereocenters. The Morgan fingerprint density at radius 3 is 2.52 bits per heavy atom. The third-order valence-electron chi connectivity index (χ3n) is 5.65. The Labute approximate surface area is 138 Å². The van der Waals surface area contributed by atoms with Crippen LogP contribution in [0.5, 0.6) is 0 Å². The van der Waals surface area contributed by atoms with Gasteiger partial charge in [-0.3, -0.25) is 4.90 Å². The zero-order chi connectivity index (χ0) is 16.6. The van der Waals surface area contributed by atoms with Gasteiger partial charge in [-0.15, -0.1) is 5.10 Å². The molecule has 0 atom stereocenters. The molecule has 5 nitrogen and oxygen atoms in total. The van der Waals surface area contributed by atoms with Crippen LogP contribution in [0.3, 0.4) is 0 Å². The molecule has 1 aliphatic carbocycles. The molecule has 0 spiro atoms. The van der Waals surface area contributed by atoms with Crippen LogP contribution in [0, 0.1) is 19.8 Å². The van der Waals surface area contributed by atoms with Crippen molar-refractivity contribution >= 4 is 0 Å². The minimum atomic E-state index is -0.0772. The van der Waals surface area contributed by atoms with Crippen molar-refractivity contribution in [1.82, 2.24) is 25.1 Å². The number of hydrogen-bond acceptors (Lipinski definition) is 4. The lowest BCUT2D eigenvalue weighted by atomic mass is 9.75. The molecule has 0 saturated heterocycles. The van der Waals surface area contributed by atoms with E-state index in [-0.39, 0.29) is 5.54 Å². The molecule has 1 heterocycles. The van der Waals surface area contributed by atoms with Crippen LogP contribution in [-0.2, 0) is 5.54 Å². The van der Waals surface area contributed by atoms with Crippen LogP contribution in [0.2, 0.25) is 0 Å². The summed E-state index contributed by atoms with van der Waals surface area (Å²) in [4.78, 5) is 2.31. The largest absolute Gasteiger partial charge is 0.297 e. The lowest BCUT2D eigenvalue weighted by molar-refractivity contribution is 0.0698. The Bertz CT molecular complexity index is 680. The molecule has 1 aliphatic rings. The second-order valence-electron chi connectivity index (χ2n) is 7.24. The van der Waals surface area contributed by atoms with Gasteiger partial charge in [0.2, 0.25) is 0 Å². The van der Waals surface area contributed by atoms with E-state index in [4.69, 9.17) is 0 Å². The summed E-state index contributed by atoms with van der Waals surface area (Å²) in [5.41, 5.74) is 3.51. The number of tetrazole rings is 1. The van der Waals surface area contributed by atoms with E-state index in [1.807, 2.05) is 4.68 Å². The second-order valence-corrected chi connectivity index (χ2v) is 7.24. The highest BCUT2D eigenvalue weighted by atomic mass is 15.6. The molecule has 1 saturated carbocycles. The fourth-order valence-electron chi connectivity index (χ4n) is 3.72. The van der Waals surface area contributed by atoms with Gasteiger partial charge in [-0.05, 0) is 87.2 Å². The van der Waals surface area contributed by atoms with Crippen molar-refractivity contribution in [1.29, 1.82) is 0 Å². The summed E-state index contributed by atoms with van der Waals surface area (Å²) in [6, 6.07) is 6.32. The van der Waals surface area contributed by atoms with E-state index < -0.39 is 0 Å². The van der Waals surface area contributed by atoms with Gasteiger partial charge in [-0.1, -0.05) is 19.1 Å². The van der Waals surface area contributed by atoms with Crippen molar-refractivity contribution in [2.75, 3.05) is 14.1 Å². The smallest absolute Gasteiger partial charge is 0.176 e. The van der Waals surface area contributed by atoms with E-state index in [2.05, 4.69) is 73.5 Å². The molecular weight excluding hydrogens is 286 g/mol. The number of benzene rings is 1. The molecule has 0 bridgehead atoms. The van der Waals surface area contributed by atoms with Crippen LogP contribution in [0.15, 0.2) is 18.2 Å². The Hall–Kier alpha value is -1.75. The predicted molar refractivity (Wildman–Crippen MR) is 91.6 cm³/mol. The first-order chi connectivity index (χ1) is 11.0. The Morgan fingerprint density at radius 1 is 1.17 bits per heavy atom. The average molecular weight is 313 g/mol. The van der Waals surface area contributed by atoms with Crippen LogP contribution >= 0.6 is 0 Å². The van der Waals surface area contributed by atoms with Crippen molar-refractivity contribution in [3.05, 3.63) is 35.2 Å². The van der Waals surface area contributed by atoms with Crippen molar-refractivity contribution in [2.45, 2.75) is 52.0 Å². The summed E-state index contributed by atoms with van der Waals surface area (Å²) < 4.78 is 1.96. The molecule has 0 amide bonds. The molecule has 124 valence electrons. The average Bonchev–Trinajstić information content (AvgIpc) is 3.00. The van der Waals surface area contributed by atoms with Gasteiger partial charge in [0.05, 0.1) is 11.2 Å². The zero-order valence-electron chi connectivity index (χ0n) is 14.9. The topological polar surface area (TPSA) is 46.8 Å². The number of nitrogens with zero attached hydrogens (tertiary/aromatic N) is 5. The summed E-state index contributed by atoms with van der Waals surface area (Å²) in [5.74, 6) is 1.76. The molecular formula is C18H27N5. The predicted octanol–water partition coefficient (Wildman–Crippen LogP) is 3.25. The maximum Gasteiger partial charge on any atom is 0.176 e. The Balaban J connectivity index is 2.10. The van der Waals surface area contributed by atoms with Gasteiger partial charge in [0, 0.05) is 0 Å². The van der Waals surface area contributed by atoms with Gasteiger partial charge in [-0.2, -0.15) is 4.68 Å². The number of aryl methyl sites for hydroxylation is 1. The van der Waals surface area contributed by atoms with Crippen LogP contribution in [0.1, 0.15) is 49.6 Å². The third-order valence-corrected chi connectivity index (χ3v) is 5.65. The van der Waals surface area contributed by atoms with Crippen LogP contribution in [-0.4, -0.2) is 39.2 Å². The summed E-state index contributed by atoms with van der Waals surface area (Å²) in [6.07, 6.45) is 4.65. The highest BCUT2D eigenvalue weighted by Gasteiger charge is 2.42. The summed E-state index contributed by atoms with van der Waals surface area (Å²) in [6.45, 7) is 6.61. The third kappa shape index (κ3) is 2.67. The Morgan fingerprint density at radius 2 is 1.87 bits per heavy atom. The quantitative estimate of drug-likeness (QED) is 0.872. The first kappa shape index (κ1) is 16.1. The van der Waals surface area contributed by atoms with Crippen molar-refractivity contribution in [3.63, 3.8) is 0 Å². The minimum Gasteiger partial charge on any atom is -0.297 e. The van der Waals surface area contributed by atoms with Gasteiger partial charge in [0.25, 0.3) is 0 Å². The van der Waals surface area contributed by atoms with Crippen LogP contribution in [0.4, 0.5) is 0 Å². The Kier molecular flexibility index (Phi) is 4.23. The van der Waals surface area contributed by atoms with Crippen molar-refractivity contribution in [2.24, 2.45) is 5.92 Å².